The number of nitrogens with zero attached hydrogens (tertiary/aromatic N) is 3. The van der Waals surface area contributed by atoms with Gasteiger partial charge in [0.05, 0.1) is 10.7 Å². The lowest BCUT2D eigenvalue weighted by Crippen LogP contribution is -2.47. The summed E-state index contributed by atoms with van der Waals surface area (Å²) in [6.07, 6.45) is 4.87. The van der Waals surface area contributed by atoms with E-state index in [-0.39, 0.29) is 0 Å². The van der Waals surface area contributed by atoms with Gasteiger partial charge >= 0.3 is 0 Å². The van der Waals surface area contributed by atoms with Crippen molar-refractivity contribution >= 4 is 17.3 Å². The lowest BCUT2D eigenvalue weighted by Gasteiger charge is -2.29. The average molecular weight is 366 g/mol. The number of hydrogen-bond donors (Lipinski definition) is 2. The monoisotopic (exact) mass is 365 g/mol. The van der Waals surface area contributed by atoms with Crippen LogP contribution in [0.2, 0.25) is 0 Å². The molecule has 5 nitrogen and oxygen atoms in total. The summed E-state index contributed by atoms with van der Waals surface area (Å²) in [6, 6.07) is 0.602. The predicted molar refractivity (Wildman–Crippen MR) is 109 cm³/mol. The van der Waals surface area contributed by atoms with Crippen LogP contribution < -0.4 is 10.6 Å². The van der Waals surface area contributed by atoms with Crippen molar-refractivity contribution in [1.29, 1.82) is 0 Å². The number of aliphatic imine (C=N–C) groups is 1. The van der Waals surface area contributed by atoms with Crippen LogP contribution in [0.3, 0.4) is 0 Å². The van der Waals surface area contributed by atoms with E-state index in [4.69, 9.17) is 0 Å². The molecule has 1 aromatic rings. The van der Waals surface area contributed by atoms with Crippen LogP contribution in [-0.4, -0.2) is 55.1 Å². The Hall–Kier alpha value is -1.14. The number of aromatic nitrogens is 1. The van der Waals surface area contributed by atoms with Crippen LogP contribution in [0.4, 0.5) is 0 Å². The first-order valence-corrected chi connectivity index (χ1v) is 10.4. The van der Waals surface area contributed by atoms with Gasteiger partial charge in [-0.2, -0.15) is 0 Å². The highest BCUT2D eigenvalue weighted by Gasteiger charge is 2.22. The molecule has 0 aromatic carbocycles. The van der Waals surface area contributed by atoms with E-state index in [1.165, 1.54) is 42.2 Å². The Morgan fingerprint density at radius 1 is 1.24 bits per heavy atom. The predicted octanol–water partition coefficient (Wildman–Crippen LogP) is 2.98. The average Bonchev–Trinajstić information content (AvgIpc) is 3.19. The molecule has 0 saturated carbocycles. The number of thiazole rings is 1. The molecule has 0 aliphatic carbocycles. The lowest BCUT2D eigenvalue weighted by atomic mass is 10.0. The number of guanidine groups is 1. The molecule has 0 amide bonds. The van der Waals surface area contributed by atoms with Crippen molar-refractivity contribution in [3.63, 3.8) is 0 Å². The largest absolute Gasteiger partial charge is 0.356 e. The molecule has 6 heteroatoms. The van der Waals surface area contributed by atoms with E-state index < -0.39 is 0 Å². The summed E-state index contributed by atoms with van der Waals surface area (Å²) in [4.78, 5) is 12.9. The standard InChI is InChI=1S/C19H35N5S/c1-14(2)12-17(24-10-6-7-11-24)13-22-19(20-5)21-9-8-18-23-15(3)16(4)25-18/h14,17H,6-13H2,1-5H3,(H2,20,21,22). The van der Waals surface area contributed by atoms with Crippen LogP contribution in [0, 0.1) is 19.8 Å². The van der Waals surface area contributed by atoms with Gasteiger partial charge in [-0.1, -0.05) is 13.8 Å². The zero-order valence-electron chi connectivity index (χ0n) is 16.6. The minimum atomic E-state index is 0.602. The first-order valence-electron chi connectivity index (χ1n) is 9.61. The molecule has 1 saturated heterocycles. The van der Waals surface area contributed by atoms with Crippen LogP contribution >= 0.6 is 11.3 Å². The maximum absolute atomic E-state index is 4.60. The molecule has 1 aliphatic heterocycles. The van der Waals surface area contributed by atoms with Crippen LogP contribution in [0.1, 0.15) is 48.7 Å². The molecule has 0 bridgehead atoms. The van der Waals surface area contributed by atoms with Crippen molar-refractivity contribution in [2.45, 2.75) is 59.4 Å². The van der Waals surface area contributed by atoms with Crippen molar-refractivity contribution in [2.75, 3.05) is 33.2 Å². The summed E-state index contributed by atoms with van der Waals surface area (Å²) in [5.74, 6) is 1.62. The molecule has 1 atom stereocenters. The molecule has 0 spiro atoms. The zero-order chi connectivity index (χ0) is 18.2. The second-order valence-electron chi connectivity index (χ2n) is 7.41. The quantitative estimate of drug-likeness (QED) is 0.549. The minimum absolute atomic E-state index is 0.602. The van der Waals surface area contributed by atoms with Gasteiger partial charge in [0.2, 0.25) is 0 Å². The smallest absolute Gasteiger partial charge is 0.191 e. The Labute approximate surface area is 157 Å². The van der Waals surface area contributed by atoms with Crippen molar-refractivity contribution in [3.05, 3.63) is 15.6 Å². The molecule has 2 N–H and O–H groups in total. The molecule has 2 rings (SSSR count). The fourth-order valence-corrected chi connectivity index (χ4v) is 4.31. The van der Waals surface area contributed by atoms with E-state index >= 15 is 0 Å². The lowest BCUT2D eigenvalue weighted by molar-refractivity contribution is 0.213. The van der Waals surface area contributed by atoms with Crippen LogP contribution in [0.5, 0.6) is 0 Å². The van der Waals surface area contributed by atoms with E-state index in [1.54, 1.807) is 11.3 Å². The van der Waals surface area contributed by atoms with Gasteiger partial charge in [0.15, 0.2) is 5.96 Å². The highest BCUT2D eigenvalue weighted by Crippen LogP contribution is 2.17. The molecular formula is C19H35N5S. The van der Waals surface area contributed by atoms with Crippen molar-refractivity contribution in [1.82, 2.24) is 20.5 Å². The number of rotatable bonds is 8. The maximum atomic E-state index is 4.60. The molecule has 1 aromatic heterocycles. The summed E-state index contributed by atoms with van der Waals surface area (Å²) in [5.41, 5.74) is 1.16. The Kier molecular flexibility index (Phi) is 8.16. The Morgan fingerprint density at radius 3 is 2.52 bits per heavy atom. The number of aryl methyl sites for hydroxylation is 2. The Bertz CT molecular complexity index is 527. The number of likely N-dealkylation sites (tertiary alicyclic amines) is 1. The maximum Gasteiger partial charge on any atom is 0.191 e. The van der Waals surface area contributed by atoms with Crippen molar-refractivity contribution in [3.8, 4) is 0 Å². The first kappa shape index (κ1) is 20.2. The molecule has 0 radical (unpaired) electrons. The molecule has 1 aliphatic rings. The third-order valence-corrected chi connectivity index (χ3v) is 5.97. The topological polar surface area (TPSA) is 52.6 Å². The summed E-state index contributed by atoms with van der Waals surface area (Å²) < 4.78 is 0. The van der Waals surface area contributed by atoms with E-state index in [0.717, 1.165) is 37.1 Å². The van der Waals surface area contributed by atoms with Gasteiger partial charge in [0, 0.05) is 37.5 Å². The third-order valence-electron chi connectivity index (χ3n) is 4.83. The highest BCUT2D eigenvalue weighted by atomic mass is 32.1. The van der Waals surface area contributed by atoms with Gasteiger partial charge in [0.1, 0.15) is 0 Å². The van der Waals surface area contributed by atoms with Gasteiger partial charge in [0.25, 0.3) is 0 Å². The zero-order valence-corrected chi connectivity index (χ0v) is 17.4. The number of nitrogens with one attached hydrogen (secondary N) is 2. The van der Waals surface area contributed by atoms with E-state index in [1.807, 2.05) is 7.05 Å². The summed E-state index contributed by atoms with van der Waals surface area (Å²) in [6.45, 7) is 13.2. The minimum Gasteiger partial charge on any atom is -0.356 e. The normalized spacial score (nSPS) is 17.3. The van der Waals surface area contributed by atoms with Crippen LogP contribution in [0.25, 0.3) is 0 Å². The molecule has 1 unspecified atom stereocenters. The van der Waals surface area contributed by atoms with Gasteiger partial charge in [-0.05, 0) is 52.1 Å². The molecule has 142 valence electrons. The number of hydrogen-bond acceptors (Lipinski definition) is 4. The van der Waals surface area contributed by atoms with Crippen LogP contribution in [-0.2, 0) is 6.42 Å². The van der Waals surface area contributed by atoms with Gasteiger partial charge < -0.3 is 10.6 Å². The highest BCUT2D eigenvalue weighted by molar-refractivity contribution is 7.11. The Balaban J connectivity index is 1.77. The Morgan fingerprint density at radius 2 is 1.96 bits per heavy atom. The molecule has 2 heterocycles. The summed E-state index contributed by atoms with van der Waals surface area (Å²) >= 11 is 1.80. The van der Waals surface area contributed by atoms with Gasteiger partial charge in [-0.25, -0.2) is 4.98 Å². The van der Waals surface area contributed by atoms with Gasteiger partial charge in [-0.15, -0.1) is 11.3 Å². The first-order chi connectivity index (χ1) is 12.0. The van der Waals surface area contributed by atoms with E-state index in [9.17, 15) is 0 Å². The molecule has 1 fully saturated rings. The fraction of sp³-hybridized carbons (Fsp3) is 0.789. The van der Waals surface area contributed by atoms with Gasteiger partial charge in [-0.3, -0.25) is 9.89 Å². The summed E-state index contributed by atoms with van der Waals surface area (Å²) in [5, 5.41) is 8.17. The fourth-order valence-electron chi connectivity index (χ4n) is 3.38. The SMILES string of the molecule is CN=C(NCCc1nc(C)c(C)s1)NCC(CC(C)C)N1CCCC1. The van der Waals surface area contributed by atoms with Crippen molar-refractivity contribution < 1.29 is 0 Å². The van der Waals surface area contributed by atoms with E-state index in [0.29, 0.717) is 6.04 Å². The van der Waals surface area contributed by atoms with Crippen molar-refractivity contribution in [2.24, 2.45) is 10.9 Å². The molecular weight excluding hydrogens is 330 g/mol. The second-order valence-corrected chi connectivity index (χ2v) is 8.69. The molecule has 25 heavy (non-hydrogen) atoms. The van der Waals surface area contributed by atoms with Crippen LogP contribution in [0.15, 0.2) is 4.99 Å². The third kappa shape index (κ3) is 6.59. The van der Waals surface area contributed by atoms with E-state index in [2.05, 4.69) is 53.2 Å². The second kappa shape index (κ2) is 10.1. The summed E-state index contributed by atoms with van der Waals surface area (Å²) in [7, 11) is 1.85.